The van der Waals surface area contributed by atoms with Crippen molar-refractivity contribution >= 4 is 5.91 Å². The maximum Gasteiger partial charge on any atom is 0.227 e. The Hall–Kier alpha value is -1.82. The van der Waals surface area contributed by atoms with Crippen LogP contribution in [0.4, 0.5) is 0 Å². The van der Waals surface area contributed by atoms with Crippen LogP contribution in [0.25, 0.3) is 0 Å². The molecule has 3 nitrogen and oxygen atoms in total. The van der Waals surface area contributed by atoms with E-state index in [0.29, 0.717) is 18.0 Å². The topological polar surface area (TPSA) is 44.1 Å². The van der Waals surface area contributed by atoms with Crippen LogP contribution >= 0.6 is 0 Å². The van der Waals surface area contributed by atoms with Gasteiger partial charge >= 0.3 is 0 Å². The smallest absolute Gasteiger partial charge is 0.227 e. The van der Waals surface area contributed by atoms with Gasteiger partial charge in [0.15, 0.2) is 0 Å². The van der Waals surface area contributed by atoms with Crippen LogP contribution in [0.3, 0.4) is 0 Å². The van der Waals surface area contributed by atoms with Crippen molar-refractivity contribution in [2.75, 3.05) is 6.54 Å². The Morgan fingerprint density at radius 1 is 1.37 bits per heavy atom. The first-order chi connectivity index (χ1) is 9.24. The average Bonchev–Trinajstić information content (AvgIpc) is 3.25. The molecule has 1 amide bonds. The lowest BCUT2D eigenvalue weighted by atomic mass is 10.1. The van der Waals surface area contributed by atoms with Crippen molar-refractivity contribution < 1.29 is 4.79 Å². The van der Waals surface area contributed by atoms with Crippen molar-refractivity contribution in [3.63, 3.8) is 0 Å². The second-order valence-corrected chi connectivity index (χ2v) is 5.16. The van der Waals surface area contributed by atoms with E-state index in [0.717, 1.165) is 37.8 Å². The molecule has 2 rings (SSSR count). The van der Waals surface area contributed by atoms with E-state index in [9.17, 15) is 4.79 Å². The summed E-state index contributed by atoms with van der Waals surface area (Å²) in [4.78, 5) is 14.4. The van der Waals surface area contributed by atoms with Crippen LogP contribution in [0.2, 0.25) is 0 Å². The minimum Gasteiger partial charge on any atom is -0.339 e. The zero-order valence-electron chi connectivity index (χ0n) is 11.4. The van der Waals surface area contributed by atoms with Gasteiger partial charge in [0, 0.05) is 12.6 Å². The van der Waals surface area contributed by atoms with Crippen LogP contribution in [0.1, 0.15) is 43.7 Å². The molecule has 0 aromatic heterocycles. The van der Waals surface area contributed by atoms with Crippen molar-refractivity contribution in [3.05, 3.63) is 35.4 Å². The molecule has 1 saturated carbocycles. The zero-order chi connectivity index (χ0) is 13.7. The van der Waals surface area contributed by atoms with Gasteiger partial charge in [0.05, 0.1) is 18.1 Å². The van der Waals surface area contributed by atoms with Crippen LogP contribution < -0.4 is 0 Å². The Labute approximate surface area is 114 Å². The van der Waals surface area contributed by atoms with E-state index in [1.54, 1.807) is 12.1 Å². The van der Waals surface area contributed by atoms with Gasteiger partial charge in [-0.1, -0.05) is 25.5 Å². The molecule has 0 N–H and O–H groups in total. The maximum atomic E-state index is 12.3. The molecule has 3 heteroatoms. The second kappa shape index (κ2) is 6.38. The van der Waals surface area contributed by atoms with Gasteiger partial charge in [-0.2, -0.15) is 5.26 Å². The first-order valence-corrected chi connectivity index (χ1v) is 7.03. The van der Waals surface area contributed by atoms with Crippen molar-refractivity contribution in [2.45, 2.75) is 45.1 Å². The molecule has 19 heavy (non-hydrogen) atoms. The molecular formula is C16H20N2O. The maximum absolute atomic E-state index is 12.3. The number of nitriles is 1. The number of amides is 1. The fourth-order valence-electron chi connectivity index (χ4n) is 2.20. The fraction of sp³-hybridized carbons (Fsp3) is 0.500. The van der Waals surface area contributed by atoms with Crippen LogP contribution in [-0.4, -0.2) is 23.4 Å². The summed E-state index contributed by atoms with van der Waals surface area (Å²) in [6.07, 6.45) is 4.96. The highest BCUT2D eigenvalue weighted by atomic mass is 16.2. The highest BCUT2D eigenvalue weighted by molar-refractivity contribution is 5.79. The van der Waals surface area contributed by atoms with E-state index in [2.05, 4.69) is 13.0 Å². The van der Waals surface area contributed by atoms with Gasteiger partial charge in [0.1, 0.15) is 0 Å². The molecule has 0 radical (unpaired) electrons. The van der Waals surface area contributed by atoms with Crippen molar-refractivity contribution in [2.24, 2.45) is 0 Å². The summed E-state index contributed by atoms with van der Waals surface area (Å²) in [7, 11) is 0. The third kappa shape index (κ3) is 3.82. The van der Waals surface area contributed by atoms with E-state index in [1.807, 2.05) is 17.0 Å². The molecule has 0 unspecified atom stereocenters. The van der Waals surface area contributed by atoms with Gasteiger partial charge in [0.2, 0.25) is 5.91 Å². The minimum atomic E-state index is 0.223. The quantitative estimate of drug-likeness (QED) is 0.785. The lowest BCUT2D eigenvalue weighted by Crippen LogP contribution is -2.35. The standard InChI is InChI=1S/C16H20N2O/c1-2-3-10-18(15-8-9-15)16(19)11-13-4-6-14(12-17)7-5-13/h4-7,15H,2-3,8-11H2,1H3. The Bertz CT molecular complexity index is 469. The molecule has 0 bridgehead atoms. The van der Waals surface area contributed by atoms with Gasteiger partial charge in [0.25, 0.3) is 0 Å². The molecule has 1 aromatic carbocycles. The van der Waals surface area contributed by atoms with E-state index in [4.69, 9.17) is 5.26 Å². The molecule has 0 spiro atoms. The number of carbonyl (C=O) groups excluding carboxylic acids is 1. The lowest BCUT2D eigenvalue weighted by Gasteiger charge is -2.22. The number of carbonyl (C=O) groups is 1. The Kier molecular flexibility index (Phi) is 4.57. The Morgan fingerprint density at radius 3 is 2.58 bits per heavy atom. The summed E-state index contributed by atoms with van der Waals surface area (Å²) < 4.78 is 0. The van der Waals surface area contributed by atoms with Gasteiger partial charge < -0.3 is 4.90 Å². The van der Waals surface area contributed by atoms with E-state index in [1.165, 1.54) is 0 Å². The van der Waals surface area contributed by atoms with Gasteiger partial charge in [-0.15, -0.1) is 0 Å². The summed E-state index contributed by atoms with van der Waals surface area (Å²) in [5, 5.41) is 8.75. The van der Waals surface area contributed by atoms with E-state index >= 15 is 0 Å². The molecule has 1 aromatic rings. The third-order valence-corrected chi connectivity index (χ3v) is 3.50. The van der Waals surface area contributed by atoms with Crippen LogP contribution in [0.5, 0.6) is 0 Å². The molecule has 0 aliphatic heterocycles. The number of unbranched alkanes of at least 4 members (excludes halogenated alkanes) is 1. The minimum absolute atomic E-state index is 0.223. The normalized spacial score (nSPS) is 13.9. The average molecular weight is 256 g/mol. The highest BCUT2D eigenvalue weighted by Crippen LogP contribution is 2.27. The zero-order valence-corrected chi connectivity index (χ0v) is 11.4. The number of hydrogen-bond donors (Lipinski definition) is 0. The molecular weight excluding hydrogens is 236 g/mol. The molecule has 100 valence electrons. The number of rotatable bonds is 6. The third-order valence-electron chi connectivity index (χ3n) is 3.50. The van der Waals surface area contributed by atoms with Crippen LogP contribution in [-0.2, 0) is 11.2 Å². The number of nitrogens with zero attached hydrogens (tertiary/aromatic N) is 2. The Balaban J connectivity index is 1.95. The molecule has 0 heterocycles. The molecule has 1 aliphatic rings. The fourth-order valence-corrected chi connectivity index (χ4v) is 2.20. The summed E-state index contributed by atoms with van der Waals surface area (Å²) >= 11 is 0. The molecule has 1 fully saturated rings. The van der Waals surface area contributed by atoms with Crippen molar-refractivity contribution in [3.8, 4) is 6.07 Å². The number of benzene rings is 1. The van der Waals surface area contributed by atoms with Gasteiger partial charge in [-0.05, 0) is 37.0 Å². The summed E-state index contributed by atoms with van der Waals surface area (Å²) in [5.74, 6) is 0.223. The highest BCUT2D eigenvalue weighted by Gasteiger charge is 2.31. The second-order valence-electron chi connectivity index (χ2n) is 5.16. The molecule has 1 aliphatic carbocycles. The van der Waals surface area contributed by atoms with Gasteiger partial charge in [-0.25, -0.2) is 0 Å². The molecule has 0 atom stereocenters. The first kappa shape index (κ1) is 13.6. The predicted molar refractivity (Wildman–Crippen MR) is 74.5 cm³/mol. The van der Waals surface area contributed by atoms with E-state index < -0.39 is 0 Å². The van der Waals surface area contributed by atoms with E-state index in [-0.39, 0.29) is 5.91 Å². The summed E-state index contributed by atoms with van der Waals surface area (Å²) in [5.41, 5.74) is 1.63. The SMILES string of the molecule is CCCCN(C(=O)Cc1ccc(C#N)cc1)C1CC1. The summed E-state index contributed by atoms with van der Waals surface area (Å²) in [6, 6.07) is 9.88. The van der Waals surface area contributed by atoms with Crippen LogP contribution in [0, 0.1) is 11.3 Å². The monoisotopic (exact) mass is 256 g/mol. The van der Waals surface area contributed by atoms with Crippen LogP contribution in [0.15, 0.2) is 24.3 Å². The van der Waals surface area contributed by atoms with Crippen molar-refractivity contribution in [1.82, 2.24) is 4.90 Å². The largest absolute Gasteiger partial charge is 0.339 e. The van der Waals surface area contributed by atoms with Crippen molar-refractivity contribution in [1.29, 1.82) is 5.26 Å². The van der Waals surface area contributed by atoms with Gasteiger partial charge in [-0.3, -0.25) is 4.79 Å². The molecule has 0 saturated heterocycles. The number of hydrogen-bond acceptors (Lipinski definition) is 2. The Morgan fingerprint density at radius 2 is 2.05 bits per heavy atom. The first-order valence-electron chi connectivity index (χ1n) is 7.03. The lowest BCUT2D eigenvalue weighted by molar-refractivity contribution is -0.131. The predicted octanol–water partition coefficient (Wildman–Crippen LogP) is 2.89. The summed E-state index contributed by atoms with van der Waals surface area (Å²) in [6.45, 7) is 3.03.